The summed E-state index contributed by atoms with van der Waals surface area (Å²) in [5.41, 5.74) is 2.89. The molecule has 0 aromatic heterocycles. The van der Waals surface area contributed by atoms with Crippen molar-refractivity contribution in [2.75, 3.05) is 0 Å². The van der Waals surface area contributed by atoms with Gasteiger partial charge in [-0.25, -0.2) is 0 Å². The summed E-state index contributed by atoms with van der Waals surface area (Å²) in [5, 5.41) is 31.4. The van der Waals surface area contributed by atoms with Gasteiger partial charge in [0.1, 0.15) is 0 Å². The van der Waals surface area contributed by atoms with Crippen LogP contribution >= 0.6 is 0 Å². The number of aliphatic hydroxyl groups is 3. The molecule has 0 aliphatic heterocycles. The van der Waals surface area contributed by atoms with Gasteiger partial charge in [0.2, 0.25) is 0 Å². The van der Waals surface area contributed by atoms with Crippen LogP contribution in [-0.2, 0) is 0 Å². The third-order valence-electron chi connectivity index (χ3n) is 9.65. The van der Waals surface area contributed by atoms with E-state index >= 15 is 0 Å². The van der Waals surface area contributed by atoms with Crippen molar-refractivity contribution >= 4 is 0 Å². The third kappa shape index (κ3) is 3.36. The Hall–Kier alpha value is -0.900. The predicted octanol–water partition coefficient (Wildman–Crippen LogP) is 5.03. The summed E-state index contributed by atoms with van der Waals surface area (Å²) in [6.45, 7) is 11.2. The fraction of sp³-hybridized carbons (Fsp3) is 0.778. The number of rotatable bonds is 4. The van der Waals surface area contributed by atoms with E-state index in [2.05, 4.69) is 52.8 Å². The molecule has 4 aliphatic carbocycles. The summed E-state index contributed by atoms with van der Waals surface area (Å²) in [5.74, 6) is 2.35. The van der Waals surface area contributed by atoms with E-state index in [4.69, 9.17) is 0 Å². The Morgan fingerprint density at radius 3 is 2.43 bits per heavy atom. The normalized spacial score (nSPS) is 45.4. The van der Waals surface area contributed by atoms with Crippen molar-refractivity contribution in [3.8, 4) is 0 Å². The van der Waals surface area contributed by atoms with Gasteiger partial charge >= 0.3 is 0 Å². The highest BCUT2D eigenvalue weighted by Gasteiger charge is 2.58. The van der Waals surface area contributed by atoms with Gasteiger partial charge in [-0.1, -0.05) is 70.1 Å². The number of aliphatic hydroxyl groups excluding tert-OH is 3. The van der Waals surface area contributed by atoms with Gasteiger partial charge in [0.05, 0.1) is 18.3 Å². The van der Waals surface area contributed by atoms with Crippen LogP contribution in [0.3, 0.4) is 0 Å². The molecule has 0 radical (unpaired) electrons. The molecule has 0 aromatic rings. The van der Waals surface area contributed by atoms with Crippen LogP contribution in [0.1, 0.15) is 73.1 Å². The molecule has 3 nitrogen and oxygen atoms in total. The minimum absolute atomic E-state index is 0.213. The average Bonchev–Trinajstić information content (AvgIpc) is 3.04. The van der Waals surface area contributed by atoms with Gasteiger partial charge in [0.15, 0.2) is 0 Å². The van der Waals surface area contributed by atoms with Crippen LogP contribution in [0.25, 0.3) is 0 Å². The highest BCUT2D eigenvalue weighted by molar-refractivity contribution is 5.40. The zero-order chi connectivity index (χ0) is 21.8. The van der Waals surface area contributed by atoms with E-state index in [0.29, 0.717) is 36.5 Å². The van der Waals surface area contributed by atoms with Crippen LogP contribution in [0, 0.1) is 40.4 Å². The highest BCUT2D eigenvalue weighted by Crippen LogP contribution is 2.65. The maximum Gasteiger partial charge on any atom is 0.0743 e. The largest absolute Gasteiger partial charge is 0.393 e. The van der Waals surface area contributed by atoms with E-state index < -0.39 is 12.2 Å². The molecule has 168 valence electrons. The minimum atomic E-state index is -0.456. The molecule has 0 unspecified atom stereocenters. The Morgan fingerprint density at radius 1 is 1.00 bits per heavy atom. The summed E-state index contributed by atoms with van der Waals surface area (Å²) < 4.78 is 0. The molecule has 4 aliphatic rings. The van der Waals surface area contributed by atoms with Crippen molar-refractivity contribution in [2.45, 2.75) is 91.5 Å². The standard InChI is InChI=1S/C27H42O3/c1-16(2)24(29)11-6-17(3)21-9-10-22-20-8-7-18-14-19(28)15-25(30)27(18,5)23(20)12-13-26(21,22)4/h6-8,11,16-17,19,21-25,28-30H,9-10,12-15H2,1-5H3/t17-,19-,21-,22+,23+,24+,25+,26-,27+/m1/s1. The van der Waals surface area contributed by atoms with Crippen LogP contribution in [0.2, 0.25) is 0 Å². The molecule has 3 heteroatoms. The SMILES string of the molecule is CC(C)[C@@H](O)C=C[C@@H](C)[C@H]1CC[C@H]2C3=CC=C4C[C@@H](O)C[C@H](O)[C@]4(C)[C@H]3CC[C@]12C. The Balaban J connectivity index is 1.59. The molecule has 3 fully saturated rings. The van der Waals surface area contributed by atoms with Crippen molar-refractivity contribution in [2.24, 2.45) is 40.4 Å². The molecule has 0 saturated heterocycles. The molecule has 9 atom stereocenters. The molecule has 0 spiro atoms. The molecule has 3 saturated carbocycles. The maximum atomic E-state index is 11.0. The van der Waals surface area contributed by atoms with Gasteiger partial charge in [-0.2, -0.15) is 0 Å². The lowest BCUT2D eigenvalue weighted by molar-refractivity contribution is -0.0537. The smallest absolute Gasteiger partial charge is 0.0743 e. The summed E-state index contributed by atoms with van der Waals surface area (Å²) in [7, 11) is 0. The zero-order valence-electron chi connectivity index (χ0n) is 19.5. The Kier molecular flexibility index (Phi) is 5.87. The zero-order valence-corrected chi connectivity index (χ0v) is 19.5. The quantitative estimate of drug-likeness (QED) is 0.566. The molecule has 4 rings (SSSR count). The first-order valence-corrected chi connectivity index (χ1v) is 12.2. The van der Waals surface area contributed by atoms with Crippen molar-refractivity contribution in [1.29, 1.82) is 0 Å². The monoisotopic (exact) mass is 414 g/mol. The van der Waals surface area contributed by atoms with Crippen molar-refractivity contribution in [1.82, 2.24) is 0 Å². The summed E-state index contributed by atoms with van der Waals surface area (Å²) in [6, 6.07) is 0. The molecular weight excluding hydrogens is 372 g/mol. The lowest BCUT2D eigenvalue weighted by Gasteiger charge is -2.56. The second-order valence-electron chi connectivity index (χ2n) is 11.6. The first kappa shape index (κ1) is 22.3. The molecule has 3 N–H and O–H groups in total. The van der Waals surface area contributed by atoms with E-state index in [1.54, 1.807) is 5.57 Å². The van der Waals surface area contributed by atoms with Crippen LogP contribution in [0.4, 0.5) is 0 Å². The van der Waals surface area contributed by atoms with Crippen LogP contribution in [-0.4, -0.2) is 33.6 Å². The van der Waals surface area contributed by atoms with E-state index in [9.17, 15) is 15.3 Å². The second kappa shape index (κ2) is 7.90. The maximum absolute atomic E-state index is 11.0. The van der Waals surface area contributed by atoms with Gasteiger partial charge in [0, 0.05) is 11.8 Å². The first-order valence-electron chi connectivity index (χ1n) is 12.2. The molecule has 30 heavy (non-hydrogen) atoms. The van der Waals surface area contributed by atoms with Crippen LogP contribution in [0.15, 0.2) is 35.5 Å². The van der Waals surface area contributed by atoms with Crippen molar-refractivity contribution in [3.63, 3.8) is 0 Å². The van der Waals surface area contributed by atoms with E-state index in [1.165, 1.54) is 24.8 Å². The van der Waals surface area contributed by atoms with Gasteiger partial charge in [-0.3, -0.25) is 0 Å². The summed E-state index contributed by atoms with van der Waals surface area (Å²) in [6.07, 6.45) is 13.6. The van der Waals surface area contributed by atoms with Gasteiger partial charge < -0.3 is 15.3 Å². The highest BCUT2D eigenvalue weighted by atomic mass is 16.3. The van der Waals surface area contributed by atoms with Gasteiger partial charge in [-0.15, -0.1) is 0 Å². The third-order valence-corrected chi connectivity index (χ3v) is 9.65. The summed E-state index contributed by atoms with van der Waals surface area (Å²) >= 11 is 0. The predicted molar refractivity (Wildman–Crippen MR) is 122 cm³/mol. The molecular formula is C27H42O3. The van der Waals surface area contributed by atoms with E-state index in [-0.39, 0.29) is 22.9 Å². The van der Waals surface area contributed by atoms with Gasteiger partial charge in [0.25, 0.3) is 0 Å². The Bertz CT molecular complexity index is 749. The topological polar surface area (TPSA) is 60.7 Å². The average molecular weight is 415 g/mol. The number of hydrogen-bond donors (Lipinski definition) is 3. The summed E-state index contributed by atoms with van der Waals surface area (Å²) in [4.78, 5) is 0. The Morgan fingerprint density at radius 2 is 1.73 bits per heavy atom. The fourth-order valence-electron chi connectivity index (χ4n) is 7.60. The van der Waals surface area contributed by atoms with Crippen molar-refractivity contribution < 1.29 is 15.3 Å². The number of hydrogen-bond acceptors (Lipinski definition) is 3. The van der Waals surface area contributed by atoms with Crippen LogP contribution < -0.4 is 0 Å². The van der Waals surface area contributed by atoms with Gasteiger partial charge in [-0.05, 0) is 67.1 Å². The molecule has 0 amide bonds. The molecule has 0 bridgehead atoms. The lowest BCUT2D eigenvalue weighted by Crippen LogP contribution is -2.52. The number of fused-ring (bicyclic) bond motifs is 5. The first-order chi connectivity index (χ1) is 14.1. The van der Waals surface area contributed by atoms with Crippen molar-refractivity contribution in [3.05, 3.63) is 35.5 Å². The molecule has 0 aromatic carbocycles. The fourth-order valence-corrected chi connectivity index (χ4v) is 7.60. The second-order valence-corrected chi connectivity index (χ2v) is 11.6. The molecule has 0 heterocycles. The Labute approximate surface area is 183 Å². The van der Waals surface area contributed by atoms with Crippen LogP contribution in [0.5, 0.6) is 0 Å². The van der Waals surface area contributed by atoms with E-state index in [1.807, 2.05) is 6.08 Å². The number of allylic oxidation sites excluding steroid dienone is 4. The minimum Gasteiger partial charge on any atom is -0.393 e. The lowest BCUT2D eigenvalue weighted by atomic mass is 9.49. The van der Waals surface area contributed by atoms with E-state index in [0.717, 1.165) is 6.42 Å².